The van der Waals surface area contributed by atoms with Gasteiger partial charge in [0.15, 0.2) is 5.16 Å². The lowest BCUT2D eigenvalue weighted by Crippen LogP contribution is -2.13. The van der Waals surface area contributed by atoms with Gasteiger partial charge in [-0.2, -0.15) is 0 Å². The Morgan fingerprint density at radius 1 is 1.44 bits per heavy atom. The van der Waals surface area contributed by atoms with Gasteiger partial charge in [-0.1, -0.05) is 42.1 Å². The summed E-state index contributed by atoms with van der Waals surface area (Å²) in [5.74, 6) is 0.179. The molecule has 0 aliphatic heterocycles. The standard InChI is InChI=1S/C12H15N5S/c1-17-8-15-16-12(17)18-10(7-11(13)14)9-5-3-2-4-6-9/h2-6,8,10H,7H2,1H3,(H3,13,14). The van der Waals surface area contributed by atoms with Crippen molar-refractivity contribution in [2.45, 2.75) is 16.8 Å². The summed E-state index contributed by atoms with van der Waals surface area (Å²) in [7, 11) is 1.90. The van der Waals surface area contributed by atoms with Crippen LogP contribution in [0.25, 0.3) is 0 Å². The Hall–Kier alpha value is -1.82. The van der Waals surface area contributed by atoms with E-state index in [2.05, 4.69) is 10.2 Å². The molecule has 1 atom stereocenters. The van der Waals surface area contributed by atoms with Gasteiger partial charge in [0.1, 0.15) is 6.33 Å². The third kappa shape index (κ3) is 3.10. The molecule has 1 aromatic carbocycles. The second-order valence-corrected chi connectivity index (χ2v) is 5.14. The van der Waals surface area contributed by atoms with Gasteiger partial charge in [0, 0.05) is 18.7 Å². The summed E-state index contributed by atoms with van der Waals surface area (Å²) < 4.78 is 1.86. The number of nitrogens with one attached hydrogen (secondary N) is 1. The lowest BCUT2D eigenvalue weighted by atomic mass is 10.1. The Bertz CT molecular complexity index is 522. The number of rotatable bonds is 5. The molecular formula is C12H15N5S. The molecule has 2 rings (SSSR count). The molecule has 5 nitrogen and oxygen atoms in total. The second kappa shape index (κ2) is 5.68. The van der Waals surface area contributed by atoms with Gasteiger partial charge in [-0.25, -0.2) is 0 Å². The minimum absolute atomic E-state index is 0.0894. The first kappa shape index (κ1) is 12.6. The van der Waals surface area contributed by atoms with E-state index >= 15 is 0 Å². The highest BCUT2D eigenvalue weighted by molar-refractivity contribution is 7.99. The Kier molecular flexibility index (Phi) is 3.99. The van der Waals surface area contributed by atoms with Crippen LogP contribution in [0.5, 0.6) is 0 Å². The maximum Gasteiger partial charge on any atom is 0.191 e. The summed E-state index contributed by atoms with van der Waals surface area (Å²) in [6.45, 7) is 0. The third-order valence-corrected chi connectivity index (χ3v) is 3.80. The number of benzene rings is 1. The third-order valence-electron chi connectivity index (χ3n) is 2.49. The molecule has 1 heterocycles. The van der Waals surface area contributed by atoms with Crippen molar-refractivity contribution in [2.75, 3.05) is 0 Å². The van der Waals surface area contributed by atoms with Gasteiger partial charge in [-0.05, 0) is 5.56 Å². The Balaban J connectivity index is 2.21. The molecule has 94 valence electrons. The first-order valence-electron chi connectivity index (χ1n) is 5.55. The lowest BCUT2D eigenvalue weighted by Gasteiger charge is -2.15. The summed E-state index contributed by atoms with van der Waals surface area (Å²) in [6, 6.07) is 10.0. The fraction of sp³-hybridized carbons (Fsp3) is 0.250. The van der Waals surface area contributed by atoms with Gasteiger partial charge >= 0.3 is 0 Å². The SMILES string of the molecule is Cn1cnnc1SC(CC(=N)N)c1ccccc1. The highest BCUT2D eigenvalue weighted by Gasteiger charge is 2.17. The van der Waals surface area contributed by atoms with Gasteiger partial charge in [0.25, 0.3) is 0 Å². The minimum atomic E-state index is 0.0894. The van der Waals surface area contributed by atoms with Crippen molar-refractivity contribution >= 4 is 17.6 Å². The van der Waals surface area contributed by atoms with E-state index in [0.717, 1.165) is 10.7 Å². The zero-order valence-electron chi connectivity index (χ0n) is 10.1. The van der Waals surface area contributed by atoms with Crippen LogP contribution in [-0.4, -0.2) is 20.6 Å². The van der Waals surface area contributed by atoms with Crippen LogP contribution < -0.4 is 5.73 Å². The number of aryl methyl sites for hydroxylation is 1. The molecular weight excluding hydrogens is 246 g/mol. The molecule has 0 amide bonds. The van der Waals surface area contributed by atoms with Crippen molar-refractivity contribution in [3.63, 3.8) is 0 Å². The first-order valence-corrected chi connectivity index (χ1v) is 6.43. The van der Waals surface area contributed by atoms with Gasteiger partial charge in [0.2, 0.25) is 0 Å². The molecule has 0 bridgehead atoms. The molecule has 0 saturated heterocycles. The summed E-state index contributed by atoms with van der Waals surface area (Å²) in [4.78, 5) is 0. The van der Waals surface area contributed by atoms with Crippen molar-refractivity contribution in [3.05, 3.63) is 42.2 Å². The van der Waals surface area contributed by atoms with Crippen LogP contribution >= 0.6 is 11.8 Å². The minimum Gasteiger partial charge on any atom is -0.388 e. The van der Waals surface area contributed by atoms with E-state index in [-0.39, 0.29) is 11.1 Å². The van der Waals surface area contributed by atoms with E-state index in [0.29, 0.717) is 6.42 Å². The molecule has 0 radical (unpaired) electrons. The molecule has 0 fully saturated rings. The van der Waals surface area contributed by atoms with Crippen LogP contribution in [0, 0.1) is 5.41 Å². The normalized spacial score (nSPS) is 12.3. The fourth-order valence-electron chi connectivity index (χ4n) is 1.60. The largest absolute Gasteiger partial charge is 0.388 e. The molecule has 3 N–H and O–H groups in total. The summed E-state index contributed by atoms with van der Waals surface area (Å²) in [5.41, 5.74) is 6.66. The van der Waals surface area contributed by atoms with E-state index in [1.54, 1.807) is 18.1 Å². The summed E-state index contributed by atoms with van der Waals surface area (Å²) >= 11 is 1.57. The quantitative estimate of drug-likeness (QED) is 0.490. The summed E-state index contributed by atoms with van der Waals surface area (Å²) in [6.07, 6.45) is 2.17. The number of hydrogen-bond donors (Lipinski definition) is 2. The Labute approximate surface area is 110 Å². The van der Waals surface area contributed by atoms with Crippen molar-refractivity contribution in [3.8, 4) is 0 Å². The van der Waals surface area contributed by atoms with Crippen LogP contribution in [-0.2, 0) is 7.05 Å². The predicted octanol–water partition coefficient (Wildman–Crippen LogP) is 1.97. The smallest absolute Gasteiger partial charge is 0.191 e. The maximum absolute atomic E-state index is 7.48. The Morgan fingerprint density at radius 2 is 2.17 bits per heavy atom. The van der Waals surface area contributed by atoms with Gasteiger partial charge in [-0.3, -0.25) is 5.41 Å². The monoisotopic (exact) mass is 261 g/mol. The fourth-order valence-corrected chi connectivity index (χ4v) is 2.72. The molecule has 1 unspecified atom stereocenters. The van der Waals surface area contributed by atoms with Gasteiger partial charge in [0.05, 0.1) is 5.84 Å². The van der Waals surface area contributed by atoms with E-state index in [4.69, 9.17) is 11.1 Å². The molecule has 0 aliphatic carbocycles. The topological polar surface area (TPSA) is 80.6 Å². The van der Waals surface area contributed by atoms with Crippen LogP contribution in [0.15, 0.2) is 41.8 Å². The van der Waals surface area contributed by atoms with Crippen molar-refractivity contribution in [1.82, 2.24) is 14.8 Å². The van der Waals surface area contributed by atoms with Gasteiger partial charge in [-0.15, -0.1) is 10.2 Å². The molecule has 6 heteroatoms. The van der Waals surface area contributed by atoms with Gasteiger partial charge < -0.3 is 10.3 Å². The molecule has 18 heavy (non-hydrogen) atoms. The number of nitrogens with two attached hydrogens (primary N) is 1. The number of nitrogens with zero attached hydrogens (tertiary/aromatic N) is 3. The van der Waals surface area contributed by atoms with Crippen LogP contribution in [0.2, 0.25) is 0 Å². The number of hydrogen-bond acceptors (Lipinski definition) is 4. The van der Waals surface area contributed by atoms with Crippen molar-refractivity contribution in [1.29, 1.82) is 5.41 Å². The molecule has 1 aromatic heterocycles. The molecule has 0 aliphatic rings. The van der Waals surface area contributed by atoms with E-state index in [1.807, 2.05) is 41.9 Å². The van der Waals surface area contributed by atoms with Crippen molar-refractivity contribution < 1.29 is 0 Å². The van der Waals surface area contributed by atoms with Crippen molar-refractivity contribution in [2.24, 2.45) is 12.8 Å². The average molecular weight is 261 g/mol. The first-order chi connectivity index (χ1) is 8.66. The number of aromatic nitrogens is 3. The molecule has 0 saturated carbocycles. The lowest BCUT2D eigenvalue weighted by molar-refractivity contribution is 0.782. The maximum atomic E-state index is 7.48. The van der Waals surface area contributed by atoms with E-state index in [1.165, 1.54) is 0 Å². The van der Waals surface area contributed by atoms with E-state index < -0.39 is 0 Å². The highest BCUT2D eigenvalue weighted by atomic mass is 32.2. The predicted molar refractivity (Wildman–Crippen MR) is 72.6 cm³/mol. The molecule has 0 spiro atoms. The molecule has 2 aromatic rings. The number of thioether (sulfide) groups is 1. The van der Waals surface area contributed by atoms with E-state index in [9.17, 15) is 0 Å². The summed E-state index contributed by atoms with van der Waals surface area (Å²) in [5, 5.41) is 16.3. The van der Waals surface area contributed by atoms with Crippen LogP contribution in [0.3, 0.4) is 0 Å². The highest BCUT2D eigenvalue weighted by Crippen LogP contribution is 2.36. The zero-order chi connectivity index (χ0) is 13.0. The van der Waals surface area contributed by atoms with Crippen LogP contribution in [0.4, 0.5) is 0 Å². The Morgan fingerprint density at radius 3 is 2.72 bits per heavy atom. The average Bonchev–Trinajstić information content (AvgIpc) is 2.75. The van der Waals surface area contributed by atoms with Crippen LogP contribution in [0.1, 0.15) is 17.2 Å². The number of amidine groups is 1. The zero-order valence-corrected chi connectivity index (χ0v) is 10.9. The second-order valence-electron chi connectivity index (χ2n) is 3.97.